The summed E-state index contributed by atoms with van der Waals surface area (Å²) in [7, 11) is 0. The van der Waals surface area contributed by atoms with E-state index in [4.69, 9.17) is 0 Å². The Kier molecular flexibility index (Phi) is 4.04. The summed E-state index contributed by atoms with van der Waals surface area (Å²) in [5.41, 5.74) is 3.25. The number of para-hydroxylation sites is 1. The molecule has 0 aliphatic carbocycles. The summed E-state index contributed by atoms with van der Waals surface area (Å²) >= 11 is 0. The van der Waals surface area contributed by atoms with E-state index < -0.39 is 0 Å². The van der Waals surface area contributed by atoms with E-state index >= 15 is 0 Å². The molecule has 130 valence electrons. The van der Waals surface area contributed by atoms with Crippen molar-refractivity contribution < 1.29 is 9.18 Å². The van der Waals surface area contributed by atoms with Crippen molar-refractivity contribution in [2.24, 2.45) is 0 Å². The van der Waals surface area contributed by atoms with Crippen LogP contribution in [-0.4, -0.2) is 31.0 Å². The minimum absolute atomic E-state index is 0.0361. The summed E-state index contributed by atoms with van der Waals surface area (Å²) in [6, 6.07) is 11.9. The molecule has 2 aromatic heterocycles. The van der Waals surface area contributed by atoms with Crippen LogP contribution in [0.1, 0.15) is 22.8 Å². The molecular weight excluding hydrogens is 333 g/mol. The van der Waals surface area contributed by atoms with Crippen LogP contribution in [0.5, 0.6) is 0 Å². The van der Waals surface area contributed by atoms with Crippen LogP contribution in [0.25, 0.3) is 22.3 Å². The molecule has 7 heteroatoms. The van der Waals surface area contributed by atoms with Gasteiger partial charge in [-0.05, 0) is 29.3 Å². The first-order valence-electron chi connectivity index (χ1n) is 8.31. The topological polar surface area (TPSA) is 76.5 Å². The third kappa shape index (κ3) is 2.88. The molecule has 4 rings (SSSR count). The zero-order valence-corrected chi connectivity index (χ0v) is 14.1. The number of halogens is 1. The number of aromatic amines is 1. The lowest BCUT2D eigenvalue weighted by Gasteiger charge is -2.01. The smallest absolute Gasteiger partial charge is 0.205 e. The van der Waals surface area contributed by atoms with Gasteiger partial charge < -0.3 is 4.98 Å². The number of Topliss-reactive ketones (excluding diaryl/α,β-unsaturated/α-hetero) is 1. The van der Waals surface area contributed by atoms with E-state index in [2.05, 4.69) is 27.3 Å². The van der Waals surface area contributed by atoms with Gasteiger partial charge in [0.05, 0.1) is 0 Å². The lowest BCUT2D eigenvalue weighted by molar-refractivity contribution is 0.0963. The Balaban J connectivity index is 1.60. The minimum atomic E-state index is -0.375. The number of nitrogens with one attached hydrogen (secondary N) is 1. The standard InChI is InChI=1S/C19H16FN5O/c1-2-12-5-4-8-15-16(10-21-18(12)15)17(26)11-25-23-19(22-24-25)13-6-3-7-14(20)9-13/h3-10,21H,2,11H2,1H3. The number of ketones is 1. The van der Waals surface area contributed by atoms with Gasteiger partial charge in [-0.2, -0.15) is 4.80 Å². The van der Waals surface area contributed by atoms with Crippen molar-refractivity contribution in [2.45, 2.75) is 19.9 Å². The first kappa shape index (κ1) is 16.1. The van der Waals surface area contributed by atoms with Crippen LogP contribution in [0, 0.1) is 5.82 Å². The quantitative estimate of drug-likeness (QED) is 0.560. The molecule has 0 bridgehead atoms. The number of fused-ring (bicyclic) bond motifs is 1. The number of hydrogen-bond donors (Lipinski definition) is 1. The van der Waals surface area contributed by atoms with Crippen molar-refractivity contribution in [3.05, 3.63) is 65.6 Å². The molecule has 0 aliphatic heterocycles. The molecule has 6 nitrogen and oxygen atoms in total. The van der Waals surface area contributed by atoms with Crippen molar-refractivity contribution in [1.29, 1.82) is 0 Å². The van der Waals surface area contributed by atoms with Gasteiger partial charge in [0, 0.05) is 28.2 Å². The fraction of sp³-hybridized carbons (Fsp3) is 0.158. The monoisotopic (exact) mass is 349 g/mol. The second kappa shape index (κ2) is 6.51. The number of benzene rings is 2. The highest BCUT2D eigenvalue weighted by Gasteiger charge is 2.16. The summed E-state index contributed by atoms with van der Waals surface area (Å²) in [5, 5.41) is 12.9. The van der Waals surface area contributed by atoms with Gasteiger partial charge in [0.15, 0.2) is 5.78 Å². The molecule has 0 aliphatic rings. The molecule has 0 saturated heterocycles. The molecule has 0 atom stereocenters. The lowest BCUT2D eigenvalue weighted by atomic mass is 10.1. The molecule has 1 N–H and O–H groups in total. The first-order valence-corrected chi connectivity index (χ1v) is 8.31. The Morgan fingerprint density at radius 2 is 2.08 bits per heavy atom. The Morgan fingerprint density at radius 3 is 2.88 bits per heavy atom. The first-order chi connectivity index (χ1) is 12.7. The van der Waals surface area contributed by atoms with Crippen molar-refractivity contribution in [3.63, 3.8) is 0 Å². The fourth-order valence-electron chi connectivity index (χ4n) is 3.01. The van der Waals surface area contributed by atoms with Gasteiger partial charge >= 0.3 is 0 Å². The third-order valence-corrected chi connectivity index (χ3v) is 4.30. The fourth-order valence-corrected chi connectivity index (χ4v) is 3.01. The molecule has 0 radical (unpaired) electrons. The second-order valence-corrected chi connectivity index (χ2v) is 5.97. The van der Waals surface area contributed by atoms with E-state index in [0.29, 0.717) is 11.1 Å². The molecule has 26 heavy (non-hydrogen) atoms. The molecule has 0 amide bonds. The van der Waals surface area contributed by atoms with Gasteiger partial charge in [0.25, 0.3) is 0 Å². The number of aryl methyl sites for hydroxylation is 1. The Hall–Kier alpha value is -3.35. The zero-order chi connectivity index (χ0) is 18.1. The maximum atomic E-state index is 13.3. The van der Waals surface area contributed by atoms with E-state index in [-0.39, 0.29) is 24.0 Å². The molecule has 4 aromatic rings. The second-order valence-electron chi connectivity index (χ2n) is 5.97. The summed E-state index contributed by atoms with van der Waals surface area (Å²) in [6.45, 7) is 2.04. The number of rotatable bonds is 5. The Labute approximate surface area is 148 Å². The summed E-state index contributed by atoms with van der Waals surface area (Å²) in [4.78, 5) is 17.1. The number of hydrogen-bond acceptors (Lipinski definition) is 4. The molecule has 2 heterocycles. The summed E-state index contributed by atoms with van der Waals surface area (Å²) in [5.74, 6) is -0.211. The molecule has 0 saturated carbocycles. The van der Waals surface area contributed by atoms with Crippen LogP contribution in [0.2, 0.25) is 0 Å². The van der Waals surface area contributed by atoms with Gasteiger partial charge in [0.1, 0.15) is 12.4 Å². The summed E-state index contributed by atoms with van der Waals surface area (Å²) < 4.78 is 13.3. The minimum Gasteiger partial charge on any atom is -0.360 e. The molecule has 0 unspecified atom stereocenters. The predicted octanol–water partition coefficient (Wildman–Crippen LogP) is 3.41. The molecule has 2 aromatic carbocycles. The van der Waals surface area contributed by atoms with Crippen molar-refractivity contribution in [3.8, 4) is 11.4 Å². The van der Waals surface area contributed by atoms with E-state index in [9.17, 15) is 9.18 Å². The number of carbonyl (C=O) groups excluding carboxylic acids is 1. The summed E-state index contributed by atoms with van der Waals surface area (Å²) in [6.07, 6.45) is 2.60. The van der Waals surface area contributed by atoms with E-state index in [0.717, 1.165) is 22.9 Å². The number of aromatic nitrogens is 5. The van der Waals surface area contributed by atoms with Gasteiger partial charge in [-0.3, -0.25) is 4.79 Å². The van der Waals surface area contributed by atoms with Gasteiger partial charge in [-0.1, -0.05) is 37.3 Å². The van der Waals surface area contributed by atoms with Crippen molar-refractivity contribution in [1.82, 2.24) is 25.2 Å². The normalized spacial score (nSPS) is 11.2. The SMILES string of the molecule is CCc1cccc2c(C(=O)Cn3nnc(-c4cccc(F)c4)n3)c[nH]c12. The highest BCUT2D eigenvalue weighted by Crippen LogP contribution is 2.23. The van der Waals surface area contributed by atoms with Crippen molar-refractivity contribution >= 4 is 16.7 Å². The van der Waals surface area contributed by atoms with E-state index in [1.807, 2.05) is 18.2 Å². The van der Waals surface area contributed by atoms with Crippen LogP contribution in [0.4, 0.5) is 4.39 Å². The maximum absolute atomic E-state index is 13.3. The molecule has 0 fully saturated rings. The highest BCUT2D eigenvalue weighted by atomic mass is 19.1. The Bertz CT molecular complexity index is 1100. The number of tetrazole rings is 1. The van der Waals surface area contributed by atoms with Crippen LogP contribution in [0.15, 0.2) is 48.7 Å². The number of nitrogens with zero attached hydrogens (tertiary/aromatic N) is 4. The van der Waals surface area contributed by atoms with Crippen LogP contribution in [0.3, 0.4) is 0 Å². The number of H-pyrrole nitrogens is 1. The van der Waals surface area contributed by atoms with Gasteiger partial charge in [0.2, 0.25) is 5.82 Å². The predicted molar refractivity (Wildman–Crippen MR) is 95.2 cm³/mol. The largest absolute Gasteiger partial charge is 0.360 e. The zero-order valence-electron chi connectivity index (χ0n) is 14.1. The molecular formula is C19H16FN5O. The average molecular weight is 349 g/mol. The van der Waals surface area contributed by atoms with Gasteiger partial charge in [-0.15, -0.1) is 10.2 Å². The number of carbonyl (C=O) groups is 1. The van der Waals surface area contributed by atoms with Crippen molar-refractivity contribution in [2.75, 3.05) is 0 Å². The van der Waals surface area contributed by atoms with E-state index in [1.165, 1.54) is 16.9 Å². The van der Waals surface area contributed by atoms with Crippen LogP contribution in [-0.2, 0) is 13.0 Å². The van der Waals surface area contributed by atoms with Gasteiger partial charge in [-0.25, -0.2) is 4.39 Å². The highest BCUT2D eigenvalue weighted by molar-refractivity contribution is 6.08. The lowest BCUT2D eigenvalue weighted by Crippen LogP contribution is -2.13. The average Bonchev–Trinajstić information content (AvgIpc) is 3.28. The van der Waals surface area contributed by atoms with Crippen LogP contribution >= 0.6 is 0 Å². The third-order valence-electron chi connectivity index (χ3n) is 4.30. The maximum Gasteiger partial charge on any atom is 0.205 e. The Morgan fingerprint density at radius 1 is 1.23 bits per heavy atom. The van der Waals surface area contributed by atoms with E-state index in [1.54, 1.807) is 18.3 Å². The van der Waals surface area contributed by atoms with Crippen LogP contribution < -0.4 is 0 Å². The molecule has 0 spiro atoms.